The molecule has 0 N–H and O–H groups in total. The Labute approximate surface area is 127 Å². The monoisotopic (exact) mass is 307 g/mol. The van der Waals surface area contributed by atoms with Crippen LogP contribution in [-0.4, -0.2) is 24.7 Å². The third kappa shape index (κ3) is 3.95. The predicted octanol–water partition coefficient (Wildman–Crippen LogP) is 3.22. The van der Waals surface area contributed by atoms with Crippen molar-refractivity contribution >= 4 is 17.3 Å². The number of benzene rings is 1. The minimum absolute atomic E-state index is 0.304. The zero-order valence-electron chi connectivity index (χ0n) is 12.2. The van der Waals surface area contributed by atoms with E-state index in [-0.39, 0.29) is 5.97 Å². The Morgan fingerprint density at radius 3 is 2.81 bits per heavy atom. The summed E-state index contributed by atoms with van der Waals surface area (Å²) in [4.78, 5) is 16.6. The highest BCUT2D eigenvalue weighted by molar-refractivity contribution is 7.13. The number of hydrogen-bond acceptors (Lipinski definition) is 6. The summed E-state index contributed by atoms with van der Waals surface area (Å²) in [7, 11) is 1.61. The van der Waals surface area contributed by atoms with E-state index >= 15 is 0 Å². The molecule has 0 radical (unpaired) electrons. The molecule has 5 nitrogen and oxygen atoms in total. The molecule has 1 heterocycles. The zero-order valence-corrected chi connectivity index (χ0v) is 13.0. The number of rotatable bonds is 6. The largest absolute Gasteiger partial charge is 0.497 e. The molecule has 0 unspecified atom stereocenters. The summed E-state index contributed by atoms with van der Waals surface area (Å²) in [6.45, 7) is 4.22. The Hall–Kier alpha value is -2.08. The first-order valence-corrected chi connectivity index (χ1v) is 7.36. The van der Waals surface area contributed by atoms with E-state index in [2.05, 4.69) is 4.98 Å². The Kier molecular flexibility index (Phi) is 5.16. The van der Waals surface area contributed by atoms with Gasteiger partial charge < -0.3 is 14.2 Å². The molecule has 112 valence electrons. The van der Waals surface area contributed by atoms with Crippen LogP contribution in [0.2, 0.25) is 0 Å². The fourth-order valence-electron chi connectivity index (χ4n) is 1.74. The number of carbonyl (C=O) groups is 1. The summed E-state index contributed by atoms with van der Waals surface area (Å²) < 4.78 is 15.8. The van der Waals surface area contributed by atoms with E-state index in [0.29, 0.717) is 29.5 Å². The lowest BCUT2D eigenvalue weighted by molar-refractivity contribution is 0.0531. The highest BCUT2D eigenvalue weighted by atomic mass is 32.1. The van der Waals surface area contributed by atoms with Gasteiger partial charge in [0.1, 0.15) is 28.0 Å². The maximum absolute atomic E-state index is 11.7. The van der Waals surface area contributed by atoms with E-state index in [0.717, 1.165) is 10.8 Å². The first kappa shape index (κ1) is 15.3. The number of carbonyl (C=O) groups excluding carboxylic acids is 1. The highest BCUT2D eigenvalue weighted by Gasteiger charge is 2.16. The molecule has 21 heavy (non-hydrogen) atoms. The van der Waals surface area contributed by atoms with Gasteiger partial charge in [0.05, 0.1) is 19.4 Å². The van der Waals surface area contributed by atoms with Gasteiger partial charge in [-0.3, -0.25) is 0 Å². The summed E-state index contributed by atoms with van der Waals surface area (Å²) in [6.07, 6.45) is 0. The van der Waals surface area contributed by atoms with Crippen molar-refractivity contribution in [3.05, 3.63) is 39.8 Å². The van der Waals surface area contributed by atoms with Crippen molar-refractivity contribution < 1.29 is 19.0 Å². The van der Waals surface area contributed by atoms with E-state index in [1.54, 1.807) is 27.0 Å². The van der Waals surface area contributed by atoms with Gasteiger partial charge in [-0.05, 0) is 26.0 Å². The second kappa shape index (κ2) is 7.08. The third-order valence-corrected chi connectivity index (χ3v) is 3.82. The van der Waals surface area contributed by atoms with E-state index < -0.39 is 0 Å². The maximum atomic E-state index is 11.7. The Bertz CT molecular complexity index is 624. The fraction of sp³-hybridized carbons (Fsp3) is 0.333. The van der Waals surface area contributed by atoms with Crippen molar-refractivity contribution in [3.8, 4) is 11.5 Å². The van der Waals surface area contributed by atoms with Crippen molar-refractivity contribution in [1.82, 2.24) is 4.98 Å². The third-order valence-electron chi connectivity index (χ3n) is 2.71. The SMILES string of the molecule is CCOC(=O)c1sc(COc2cccc(OC)c2)nc1C. The van der Waals surface area contributed by atoms with Gasteiger partial charge in [-0.2, -0.15) is 0 Å². The number of thiazole rings is 1. The molecule has 0 aliphatic rings. The molecule has 1 aromatic carbocycles. The van der Waals surface area contributed by atoms with Gasteiger partial charge in [0.15, 0.2) is 0 Å². The number of hydrogen-bond donors (Lipinski definition) is 0. The van der Waals surface area contributed by atoms with Gasteiger partial charge in [-0.25, -0.2) is 9.78 Å². The van der Waals surface area contributed by atoms with Crippen molar-refractivity contribution in [2.24, 2.45) is 0 Å². The van der Waals surface area contributed by atoms with Crippen LogP contribution in [-0.2, 0) is 11.3 Å². The number of ether oxygens (including phenoxy) is 3. The van der Waals surface area contributed by atoms with Crippen LogP contribution < -0.4 is 9.47 Å². The lowest BCUT2D eigenvalue weighted by atomic mass is 10.3. The minimum Gasteiger partial charge on any atom is -0.497 e. The standard InChI is InChI=1S/C15H17NO4S/c1-4-19-15(17)14-10(2)16-13(21-14)9-20-12-7-5-6-11(8-12)18-3/h5-8H,4,9H2,1-3H3. The van der Waals surface area contributed by atoms with Crippen molar-refractivity contribution in [2.75, 3.05) is 13.7 Å². The molecule has 0 atom stereocenters. The molecule has 0 aliphatic heterocycles. The van der Waals surface area contributed by atoms with Crippen LogP contribution in [0.4, 0.5) is 0 Å². The molecule has 2 aromatic rings. The Morgan fingerprint density at radius 1 is 1.33 bits per heavy atom. The quantitative estimate of drug-likeness (QED) is 0.767. The van der Waals surface area contributed by atoms with Crippen LogP contribution in [0.15, 0.2) is 24.3 Å². The number of nitrogens with zero attached hydrogens (tertiary/aromatic N) is 1. The molecule has 0 amide bonds. The van der Waals surface area contributed by atoms with Crippen molar-refractivity contribution in [3.63, 3.8) is 0 Å². The van der Waals surface area contributed by atoms with Gasteiger partial charge in [-0.1, -0.05) is 6.07 Å². The molecule has 0 saturated carbocycles. The molecule has 0 bridgehead atoms. The predicted molar refractivity (Wildman–Crippen MR) is 80.1 cm³/mol. The number of methoxy groups -OCH3 is 1. The smallest absolute Gasteiger partial charge is 0.350 e. The van der Waals surface area contributed by atoms with Gasteiger partial charge in [0, 0.05) is 6.07 Å². The first-order valence-electron chi connectivity index (χ1n) is 6.54. The summed E-state index contributed by atoms with van der Waals surface area (Å²) in [6, 6.07) is 7.34. The first-order chi connectivity index (χ1) is 10.1. The van der Waals surface area contributed by atoms with E-state index in [9.17, 15) is 4.79 Å². The van der Waals surface area contributed by atoms with Gasteiger partial charge >= 0.3 is 5.97 Å². The van der Waals surface area contributed by atoms with Crippen molar-refractivity contribution in [2.45, 2.75) is 20.5 Å². The van der Waals surface area contributed by atoms with Crippen LogP contribution in [0.25, 0.3) is 0 Å². The molecule has 0 aliphatic carbocycles. The number of aryl methyl sites for hydroxylation is 1. The minimum atomic E-state index is -0.333. The molecule has 0 fully saturated rings. The summed E-state index contributed by atoms with van der Waals surface area (Å²) in [5.74, 6) is 1.09. The molecular weight excluding hydrogens is 290 g/mol. The van der Waals surface area contributed by atoms with E-state index in [4.69, 9.17) is 14.2 Å². The van der Waals surface area contributed by atoms with Crippen LogP contribution in [0, 0.1) is 6.92 Å². The second-order valence-electron chi connectivity index (χ2n) is 4.21. The second-order valence-corrected chi connectivity index (χ2v) is 5.29. The van der Waals surface area contributed by atoms with E-state index in [1.165, 1.54) is 11.3 Å². The highest BCUT2D eigenvalue weighted by Crippen LogP contribution is 2.23. The van der Waals surface area contributed by atoms with Crippen LogP contribution in [0.5, 0.6) is 11.5 Å². The average molecular weight is 307 g/mol. The number of aromatic nitrogens is 1. The molecule has 2 rings (SSSR count). The molecule has 0 saturated heterocycles. The van der Waals surface area contributed by atoms with Gasteiger partial charge in [0.25, 0.3) is 0 Å². The van der Waals surface area contributed by atoms with Crippen molar-refractivity contribution in [1.29, 1.82) is 0 Å². The van der Waals surface area contributed by atoms with Gasteiger partial charge in [-0.15, -0.1) is 11.3 Å². The zero-order chi connectivity index (χ0) is 15.2. The fourth-order valence-corrected chi connectivity index (χ4v) is 2.61. The summed E-state index contributed by atoms with van der Waals surface area (Å²) in [5.41, 5.74) is 0.669. The average Bonchev–Trinajstić information content (AvgIpc) is 2.87. The lowest BCUT2D eigenvalue weighted by Gasteiger charge is -2.05. The van der Waals surface area contributed by atoms with Crippen LogP contribution in [0.3, 0.4) is 0 Å². The molecule has 1 aromatic heterocycles. The van der Waals surface area contributed by atoms with E-state index in [1.807, 2.05) is 18.2 Å². The van der Waals surface area contributed by atoms with Crippen LogP contribution >= 0.6 is 11.3 Å². The normalized spacial score (nSPS) is 10.2. The topological polar surface area (TPSA) is 57.7 Å². The summed E-state index contributed by atoms with van der Waals surface area (Å²) in [5, 5.41) is 0.735. The lowest BCUT2D eigenvalue weighted by Crippen LogP contribution is -2.03. The molecule has 6 heteroatoms. The molecular formula is C15H17NO4S. The van der Waals surface area contributed by atoms with Gasteiger partial charge in [0.2, 0.25) is 0 Å². The number of esters is 1. The van der Waals surface area contributed by atoms with Crippen LogP contribution in [0.1, 0.15) is 27.3 Å². The Balaban J connectivity index is 2.03. The Morgan fingerprint density at radius 2 is 2.10 bits per heavy atom. The molecule has 0 spiro atoms. The maximum Gasteiger partial charge on any atom is 0.350 e. The summed E-state index contributed by atoms with van der Waals surface area (Å²) >= 11 is 1.29.